The number of rotatable bonds is 3. The highest BCUT2D eigenvalue weighted by Crippen LogP contribution is 2.26. The van der Waals surface area contributed by atoms with Gasteiger partial charge in [-0.25, -0.2) is 0 Å². The Labute approximate surface area is 131 Å². The molecule has 1 amide bonds. The van der Waals surface area contributed by atoms with Crippen LogP contribution in [0.3, 0.4) is 0 Å². The number of amides is 1. The molecule has 104 valence electrons. The van der Waals surface area contributed by atoms with Crippen LogP contribution in [0.4, 0.5) is 11.4 Å². The van der Waals surface area contributed by atoms with Crippen molar-refractivity contribution >= 4 is 39.9 Å². The van der Waals surface area contributed by atoms with E-state index >= 15 is 0 Å². The Hall–Kier alpha value is -1.76. The zero-order valence-corrected chi connectivity index (χ0v) is 13.4. The smallest absolute Gasteiger partial charge is 0.256 e. The standard InChI is InChI=1S/C15H15IN2O2/c1-9-4-3-5-11(14(9)16)15(19)18-10-6-7-12(17)13(8-10)20-2/h3-8H,17H2,1-2H3,(H,18,19). The average molecular weight is 382 g/mol. The minimum atomic E-state index is -0.148. The maximum Gasteiger partial charge on any atom is 0.256 e. The third kappa shape index (κ3) is 3.04. The maximum absolute atomic E-state index is 12.3. The van der Waals surface area contributed by atoms with E-state index in [9.17, 15) is 4.79 Å². The molecular weight excluding hydrogens is 367 g/mol. The third-order valence-corrected chi connectivity index (χ3v) is 4.36. The number of ether oxygens (including phenoxy) is 1. The summed E-state index contributed by atoms with van der Waals surface area (Å²) < 4.78 is 6.09. The molecule has 2 aromatic rings. The summed E-state index contributed by atoms with van der Waals surface area (Å²) in [6.07, 6.45) is 0. The molecule has 0 atom stereocenters. The van der Waals surface area contributed by atoms with Crippen LogP contribution < -0.4 is 15.8 Å². The van der Waals surface area contributed by atoms with Gasteiger partial charge in [-0.05, 0) is 53.3 Å². The highest BCUT2D eigenvalue weighted by Gasteiger charge is 2.12. The van der Waals surface area contributed by atoms with E-state index in [2.05, 4.69) is 27.9 Å². The second-order valence-electron chi connectivity index (χ2n) is 4.35. The second kappa shape index (κ2) is 6.13. The molecule has 0 bridgehead atoms. The molecule has 0 heterocycles. The molecule has 20 heavy (non-hydrogen) atoms. The minimum Gasteiger partial charge on any atom is -0.495 e. The minimum absolute atomic E-state index is 0.148. The number of nitrogen functional groups attached to an aromatic ring is 1. The van der Waals surface area contributed by atoms with Gasteiger partial charge in [-0.3, -0.25) is 4.79 Å². The van der Waals surface area contributed by atoms with Gasteiger partial charge >= 0.3 is 0 Å². The first-order chi connectivity index (χ1) is 9.52. The number of hydrogen-bond acceptors (Lipinski definition) is 3. The Morgan fingerprint density at radius 3 is 2.75 bits per heavy atom. The fourth-order valence-corrected chi connectivity index (χ4v) is 2.41. The predicted molar refractivity (Wildman–Crippen MR) is 89.3 cm³/mol. The molecule has 0 aromatic heterocycles. The summed E-state index contributed by atoms with van der Waals surface area (Å²) in [5.41, 5.74) is 8.67. The van der Waals surface area contributed by atoms with Crippen molar-refractivity contribution in [3.05, 3.63) is 51.1 Å². The third-order valence-electron chi connectivity index (χ3n) is 2.93. The molecule has 0 saturated carbocycles. The van der Waals surface area contributed by atoms with Gasteiger partial charge in [-0.2, -0.15) is 0 Å². The lowest BCUT2D eigenvalue weighted by Gasteiger charge is -2.10. The van der Waals surface area contributed by atoms with E-state index < -0.39 is 0 Å². The lowest BCUT2D eigenvalue weighted by atomic mass is 10.1. The van der Waals surface area contributed by atoms with Crippen LogP contribution in [-0.2, 0) is 0 Å². The van der Waals surface area contributed by atoms with Crippen molar-refractivity contribution in [3.8, 4) is 5.75 Å². The SMILES string of the molecule is COc1cc(NC(=O)c2cccc(C)c2I)ccc1N. The monoisotopic (exact) mass is 382 g/mol. The quantitative estimate of drug-likeness (QED) is 0.632. The number of nitrogens with one attached hydrogen (secondary N) is 1. The highest BCUT2D eigenvalue weighted by molar-refractivity contribution is 14.1. The Bertz CT molecular complexity index is 656. The number of halogens is 1. The van der Waals surface area contributed by atoms with Crippen molar-refractivity contribution < 1.29 is 9.53 Å². The van der Waals surface area contributed by atoms with Gasteiger partial charge in [0, 0.05) is 15.3 Å². The van der Waals surface area contributed by atoms with E-state index in [-0.39, 0.29) is 5.91 Å². The molecule has 0 aliphatic heterocycles. The van der Waals surface area contributed by atoms with Crippen molar-refractivity contribution in [1.82, 2.24) is 0 Å². The predicted octanol–water partition coefficient (Wildman–Crippen LogP) is 3.44. The fraction of sp³-hybridized carbons (Fsp3) is 0.133. The lowest BCUT2D eigenvalue weighted by Crippen LogP contribution is -2.14. The van der Waals surface area contributed by atoms with Gasteiger partial charge in [0.15, 0.2) is 0 Å². The normalized spacial score (nSPS) is 10.2. The first-order valence-electron chi connectivity index (χ1n) is 6.03. The molecule has 5 heteroatoms. The largest absolute Gasteiger partial charge is 0.495 e. The van der Waals surface area contributed by atoms with Crippen LogP contribution in [0.25, 0.3) is 0 Å². The fourth-order valence-electron chi connectivity index (χ4n) is 1.81. The molecule has 0 saturated heterocycles. The van der Waals surface area contributed by atoms with Crippen LogP contribution in [0.5, 0.6) is 5.75 Å². The summed E-state index contributed by atoms with van der Waals surface area (Å²) in [6.45, 7) is 1.98. The molecule has 0 aliphatic rings. The maximum atomic E-state index is 12.3. The highest BCUT2D eigenvalue weighted by atomic mass is 127. The molecular formula is C15H15IN2O2. The van der Waals surface area contributed by atoms with E-state index in [1.165, 1.54) is 0 Å². The van der Waals surface area contributed by atoms with Crippen LogP contribution in [-0.4, -0.2) is 13.0 Å². The molecule has 3 N–H and O–H groups in total. The number of nitrogens with two attached hydrogens (primary N) is 1. The van der Waals surface area contributed by atoms with Gasteiger partial charge in [0.1, 0.15) is 5.75 Å². The topological polar surface area (TPSA) is 64.3 Å². The van der Waals surface area contributed by atoms with Crippen LogP contribution in [0.15, 0.2) is 36.4 Å². The van der Waals surface area contributed by atoms with Crippen molar-refractivity contribution in [2.45, 2.75) is 6.92 Å². The Morgan fingerprint density at radius 1 is 1.30 bits per heavy atom. The number of anilines is 2. The van der Waals surface area contributed by atoms with Crippen LogP contribution in [0.1, 0.15) is 15.9 Å². The zero-order chi connectivity index (χ0) is 14.7. The van der Waals surface area contributed by atoms with Gasteiger partial charge in [0.2, 0.25) is 0 Å². The Kier molecular flexibility index (Phi) is 4.49. The number of carbonyl (C=O) groups excluding carboxylic acids is 1. The summed E-state index contributed by atoms with van der Waals surface area (Å²) in [4.78, 5) is 12.3. The Morgan fingerprint density at radius 2 is 2.05 bits per heavy atom. The number of benzene rings is 2. The van der Waals surface area contributed by atoms with Gasteiger partial charge in [0.05, 0.1) is 18.4 Å². The van der Waals surface area contributed by atoms with E-state index in [0.717, 1.165) is 9.13 Å². The van der Waals surface area contributed by atoms with Crippen molar-refractivity contribution in [1.29, 1.82) is 0 Å². The summed E-state index contributed by atoms with van der Waals surface area (Å²) in [6, 6.07) is 10.8. The summed E-state index contributed by atoms with van der Waals surface area (Å²) in [5.74, 6) is 0.395. The van der Waals surface area contributed by atoms with E-state index in [1.807, 2.05) is 19.1 Å². The second-order valence-corrected chi connectivity index (χ2v) is 5.43. The van der Waals surface area contributed by atoms with Crippen molar-refractivity contribution in [3.63, 3.8) is 0 Å². The summed E-state index contributed by atoms with van der Waals surface area (Å²) >= 11 is 2.18. The first-order valence-corrected chi connectivity index (χ1v) is 7.10. The van der Waals surface area contributed by atoms with Crippen LogP contribution in [0, 0.1) is 10.5 Å². The van der Waals surface area contributed by atoms with Gasteiger partial charge in [-0.1, -0.05) is 12.1 Å². The average Bonchev–Trinajstić information content (AvgIpc) is 2.43. The van der Waals surface area contributed by atoms with Crippen molar-refractivity contribution in [2.75, 3.05) is 18.2 Å². The van der Waals surface area contributed by atoms with Crippen molar-refractivity contribution in [2.24, 2.45) is 0 Å². The molecule has 0 radical (unpaired) electrons. The molecule has 2 aromatic carbocycles. The molecule has 0 aliphatic carbocycles. The zero-order valence-electron chi connectivity index (χ0n) is 11.2. The number of carbonyl (C=O) groups is 1. The van der Waals surface area contributed by atoms with Crippen LogP contribution >= 0.6 is 22.6 Å². The van der Waals surface area contributed by atoms with Crippen LogP contribution in [0.2, 0.25) is 0 Å². The van der Waals surface area contributed by atoms with Gasteiger partial charge in [-0.15, -0.1) is 0 Å². The molecule has 0 unspecified atom stereocenters. The Balaban J connectivity index is 2.26. The lowest BCUT2D eigenvalue weighted by molar-refractivity contribution is 0.102. The molecule has 0 fully saturated rings. The van der Waals surface area contributed by atoms with E-state index in [4.69, 9.17) is 10.5 Å². The van der Waals surface area contributed by atoms with Gasteiger partial charge in [0.25, 0.3) is 5.91 Å². The number of hydrogen-bond donors (Lipinski definition) is 2. The van der Waals surface area contributed by atoms with E-state index in [1.54, 1.807) is 31.4 Å². The number of methoxy groups -OCH3 is 1. The molecule has 2 rings (SSSR count). The van der Waals surface area contributed by atoms with E-state index in [0.29, 0.717) is 22.7 Å². The summed E-state index contributed by atoms with van der Waals surface area (Å²) in [5, 5.41) is 2.85. The molecule has 0 spiro atoms. The van der Waals surface area contributed by atoms with Gasteiger partial charge < -0.3 is 15.8 Å². The summed E-state index contributed by atoms with van der Waals surface area (Å²) in [7, 11) is 1.54. The first kappa shape index (κ1) is 14.6. The number of aryl methyl sites for hydroxylation is 1. The molecule has 4 nitrogen and oxygen atoms in total.